The molecule has 1 amide bonds. The van der Waals surface area contributed by atoms with Crippen LogP contribution < -0.4 is 5.32 Å². The van der Waals surface area contributed by atoms with Crippen molar-refractivity contribution in [3.63, 3.8) is 0 Å². The van der Waals surface area contributed by atoms with E-state index >= 15 is 0 Å². The van der Waals surface area contributed by atoms with Crippen molar-refractivity contribution in [2.45, 2.75) is 40.8 Å². The van der Waals surface area contributed by atoms with Gasteiger partial charge in [-0.25, -0.2) is 0 Å². The zero-order valence-electron chi connectivity index (χ0n) is 14.7. The average molecular weight is 319 g/mol. The number of amides is 1. The van der Waals surface area contributed by atoms with Gasteiger partial charge in [-0.15, -0.1) is 0 Å². The van der Waals surface area contributed by atoms with E-state index in [4.69, 9.17) is 9.47 Å². The number of ether oxygens (including phenoxy) is 2. The van der Waals surface area contributed by atoms with Crippen LogP contribution >= 0.6 is 0 Å². The first-order chi connectivity index (χ1) is 10.9. The first-order valence-electron chi connectivity index (χ1n) is 8.11. The van der Waals surface area contributed by atoms with Crippen molar-refractivity contribution in [1.29, 1.82) is 0 Å². The number of allylic oxidation sites excluding steroid dienone is 1. The van der Waals surface area contributed by atoms with Gasteiger partial charge in [-0.3, -0.25) is 4.79 Å². The fraction of sp³-hybridized carbons (Fsp3) is 0.526. The Labute approximate surface area is 139 Å². The second kappa shape index (κ2) is 10.2. The minimum atomic E-state index is -0.0710. The van der Waals surface area contributed by atoms with Gasteiger partial charge in [0.2, 0.25) is 5.91 Å². The van der Waals surface area contributed by atoms with Crippen molar-refractivity contribution < 1.29 is 14.3 Å². The highest BCUT2D eigenvalue weighted by Gasteiger charge is 2.05. The second-order valence-electron chi connectivity index (χ2n) is 6.49. The Hall–Kier alpha value is -1.65. The van der Waals surface area contributed by atoms with E-state index < -0.39 is 0 Å². The SMILES string of the molecule is CCOCCOCc1cccc(CNC(=O)/C=C/C(C)(C)C)c1. The summed E-state index contributed by atoms with van der Waals surface area (Å²) in [5.74, 6) is -0.0710. The number of carbonyl (C=O) groups is 1. The van der Waals surface area contributed by atoms with Crippen LogP contribution in [-0.4, -0.2) is 25.7 Å². The largest absolute Gasteiger partial charge is 0.379 e. The molecular weight excluding hydrogens is 290 g/mol. The monoisotopic (exact) mass is 319 g/mol. The Bertz CT molecular complexity index is 504. The van der Waals surface area contributed by atoms with E-state index in [9.17, 15) is 4.79 Å². The van der Waals surface area contributed by atoms with Gasteiger partial charge in [0.15, 0.2) is 0 Å². The minimum Gasteiger partial charge on any atom is -0.379 e. The molecule has 0 aliphatic rings. The molecule has 0 atom stereocenters. The minimum absolute atomic E-state index is 0.0100. The molecule has 0 aliphatic carbocycles. The van der Waals surface area contributed by atoms with Gasteiger partial charge in [0.25, 0.3) is 0 Å². The molecule has 0 radical (unpaired) electrons. The van der Waals surface area contributed by atoms with E-state index in [-0.39, 0.29) is 11.3 Å². The molecule has 4 nitrogen and oxygen atoms in total. The lowest BCUT2D eigenvalue weighted by atomic mass is 9.96. The smallest absolute Gasteiger partial charge is 0.243 e. The summed E-state index contributed by atoms with van der Waals surface area (Å²) in [4.78, 5) is 11.8. The standard InChI is InChI=1S/C19H29NO3/c1-5-22-11-12-23-15-17-8-6-7-16(13-17)14-20-18(21)9-10-19(2,3)4/h6-10,13H,5,11-12,14-15H2,1-4H3,(H,20,21)/b10-9+. The third-order valence-electron chi connectivity index (χ3n) is 3.04. The summed E-state index contributed by atoms with van der Waals surface area (Å²) in [6.45, 7) is 11.1. The Morgan fingerprint density at radius 1 is 1.17 bits per heavy atom. The molecule has 0 saturated heterocycles. The number of carbonyl (C=O) groups excluding carboxylic acids is 1. The molecule has 128 valence electrons. The van der Waals surface area contributed by atoms with Gasteiger partial charge in [-0.2, -0.15) is 0 Å². The topological polar surface area (TPSA) is 47.6 Å². The number of rotatable bonds is 9. The van der Waals surface area contributed by atoms with Crippen LogP contribution in [0.4, 0.5) is 0 Å². The molecule has 4 heteroatoms. The maximum Gasteiger partial charge on any atom is 0.243 e. The summed E-state index contributed by atoms with van der Waals surface area (Å²) < 4.78 is 10.8. The van der Waals surface area contributed by atoms with Crippen LogP contribution in [0.25, 0.3) is 0 Å². The van der Waals surface area contributed by atoms with E-state index in [1.807, 2.05) is 31.2 Å². The van der Waals surface area contributed by atoms with Crippen molar-refractivity contribution in [2.24, 2.45) is 5.41 Å². The van der Waals surface area contributed by atoms with Crippen molar-refractivity contribution in [3.8, 4) is 0 Å². The fourth-order valence-corrected chi connectivity index (χ4v) is 1.86. The lowest BCUT2D eigenvalue weighted by Gasteiger charge is -2.11. The summed E-state index contributed by atoms with van der Waals surface area (Å²) in [5, 5.41) is 2.90. The van der Waals surface area contributed by atoms with Gasteiger partial charge in [0.1, 0.15) is 0 Å². The van der Waals surface area contributed by atoms with E-state index in [1.165, 1.54) is 0 Å². The fourth-order valence-electron chi connectivity index (χ4n) is 1.86. The van der Waals surface area contributed by atoms with Gasteiger partial charge in [-0.1, -0.05) is 51.1 Å². The Morgan fingerprint density at radius 3 is 2.57 bits per heavy atom. The van der Waals surface area contributed by atoms with Crippen molar-refractivity contribution in [2.75, 3.05) is 19.8 Å². The molecule has 0 bridgehead atoms. The van der Waals surface area contributed by atoms with Crippen molar-refractivity contribution in [1.82, 2.24) is 5.32 Å². The van der Waals surface area contributed by atoms with Crippen LogP contribution in [0.5, 0.6) is 0 Å². The Balaban J connectivity index is 2.39. The molecule has 0 spiro atoms. The predicted molar refractivity (Wildman–Crippen MR) is 93.0 cm³/mol. The van der Waals surface area contributed by atoms with Crippen molar-refractivity contribution >= 4 is 5.91 Å². The number of benzene rings is 1. The molecule has 0 aromatic heterocycles. The van der Waals surface area contributed by atoms with E-state index in [1.54, 1.807) is 6.08 Å². The molecule has 1 aromatic rings. The van der Waals surface area contributed by atoms with Crippen LogP contribution in [0, 0.1) is 5.41 Å². The highest BCUT2D eigenvalue weighted by molar-refractivity contribution is 5.87. The van der Waals surface area contributed by atoms with Gasteiger partial charge >= 0.3 is 0 Å². The quantitative estimate of drug-likeness (QED) is 0.560. The molecule has 0 saturated carbocycles. The molecule has 1 N–H and O–H groups in total. The second-order valence-corrected chi connectivity index (χ2v) is 6.49. The molecule has 1 aromatic carbocycles. The van der Waals surface area contributed by atoms with Gasteiger partial charge in [0, 0.05) is 13.2 Å². The summed E-state index contributed by atoms with van der Waals surface area (Å²) in [6, 6.07) is 8.05. The molecular formula is C19H29NO3. The number of hydrogen-bond acceptors (Lipinski definition) is 3. The summed E-state index contributed by atoms with van der Waals surface area (Å²) >= 11 is 0. The molecule has 0 aliphatic heterocycles. The summed E-state index contributed by atoms with van der Waals surface area (Å²) in [6.07, 6.45) is 3.51. The summed E-state index contributed by atoms with van der Waals surface area (Å²) in [7, 11) is 0. The third-order valence-corrected chi connectivity index (χ3v) is 3.04. The van der Waals surface area contributed by atoms with Gasteiger partial charge in [0.05, 0.1) is 19.8 Å². The maximum absolute atomic E-state index is 11.8. The van der Waals surface area contributed by atoms with Crippen molar-refractivity contribution in [3.05, 3.63) is 47.5 Å². The van der Waals surface area contributed by atoms with E-state index in [2.05, 4.69) is 32.2 Å². The highest BCUT2D eigenvalue weighted by atomic mass is 16.5. The number of hydrogen-bond donors (Lipinski definition) is 1. The Morgan fingerprint density at radius 2 is 1.87 bits per heavy atom. The lowest BCUT2D eigenvalue weighted by Crippen LogP contribution is -2.21. The zero-order chi connectivity index (χ0) is 17.1. The zero-order valence-corrected chi connectivity index (χ0v) is 14.7. The molecule has 1 rings (SSSR count). The van der Waals surface area contributed by atoms with E-state index in [0.717, 1.165) is 11.1 Å². The first-order valence-corrected chi connectivity index (χ1v) is 8.11. The van der Waals surface area contributed by atoms with Crippen LogP contribution in [-0.2, 0) is 27.4 Å². The van der Waals surface area contributed by atoms with Crippen LogP contribution in [0.2, 0.25) is 0 Å². The first kappa shape index (κ1) is 19.4. The molecule has 23 heavy (non-hydrogen) atoms. The van der Waals surface area contributed by atoms with E-state index in [0.29, 0.717) is 33.0 Å². The van der Waals surface area contributed by atoms with Gasteiger partial charge in [-0.05, 0) is 29.5 Å². The normalized spacial score (nSPS) is 11.8. The highest BCUT2D eigenvalue weighted by Crippen LogP contribution is 2.14. The van der Waals surface area contributed by atoms with Gasteiger partial charge < -0.3 is 14.8 Å². The predicted octanol–water partition coefficient (Wildman–Crippen LogP) is 3.46. The van der Waals surface area contributed by atoms with Crippen LogP contribution in [0.1, 0.15) is 38.8 Å². The maximum atomic E-state index is 11.8. The number of nitrogens with one attached hydrogen (secondary N) is 1. The van der Waals surface area contributed by atoms with Crippen LogP contribution in [0.3, 0.4) is 0 Å². The molecule has 0 unspecified atom stereocenters. The molecule has 0 fully saturated rings. The van der Waals surface area contributed by atoms with Crippen LogP contribution in [0.15, 0.2) is 36.4 Å². The Kier molecular flexibility index (Phi) is 8.59. The third kappa shape index (κ3) is 9.87. The average Bonchev–Trinajstić information content (AvgIpc) is 2.50. The summed E-state index contributed by atoms with van der Waals surface area (Å²) in [5.41, 5.74) is 2.17. The molecule has 0 heterocycles. The lowest BCUT2D eigenvalue weighted by molar-refractivity contribution is -0.116.